The topological polar surface area (TPSA) is 81.4 Å². The van der Waals surface area contributed by atoms with Crippen molar-refractivity contribution in [3.05, 3.63) is 51.5 Å². The maximum absolute atomic E-state index is 12.2. The number of aromatic nitrogens is 2. The molecule has 0 spiro atoms. The van der Waals surface area contributed by atoms with Crippen molar-refractivity contribution in [2.75, 3.05) is 7.11 Å². The van der Waals surface area contributed by atoms with E-state index in [-0.39, 0.29) is 16.5 Å². The van der Waals surface area contributed by atoms with Crippen molar-refractivity contribution >= 4 is 39.2 Å². The Bertz CT molecular complexity index is 949. The van der Waals surface area contributed by atoms with Gasteiger partial charge in [0.25, 0.3) is 5.56 Å². The molecule has 0 bridgehead atoms. The summed E-state index contributed by atoms with van der Waals surface area (Å²) in [5.41, 5.74) is -0.286. The van der Waals surface area contributed by atoms with Crippen molar-refractivity contribution < 1.29 is 14.7 Å². The normalized spacial score (nSPS) is 11.0. The molecule has 3 rings (SSSR count). The molecular formula is C14H9ClN2O4. The van der Waals surface area contributed by atoms with Crippen LogP contribution in [0.2, 0.25) is 5.02 Å². The van der Waals surface area contributed by atoms with Crippen molar-refractivity contribution in [2.24, 2.45) is 0 Å². The SMILES string of the molecule is COC(=O)c1cncc2c(=O)n(O)c3ccc(Cl)cc3c12. The molecule has 0 atom stereocenters. The van der Waals surface area contributed by atoms with Crippen molar-refractivity contribution in [2.45, 2.75) is 0 Å². The van der Waals surface area contributed by atoms with Crippen molar-refractivity contribution in [1.29, 1.82) is 0 Å². The molecule has 6 nitrogen and oxygen atoms in total. The van der Waals surface area contributed by atoms with Crippen LogP contribution in [0, 0.1) is 0 Å². The predicted molar refractivity (Wildman–Crippen MR) is 77.0 cm³/mol. The van der Waals surface area contributed by atoms with Gasteiger partial charge >= 0.3 is 5.97 Å². The minimum atomic E-state index is -0.668. The number of fused-ring (bicyclic) bond motifs is 3. The Labute approximate surface area is 123 Å². The highest BCUT2D eigenvalue weighted by Gasteiger charge is 2.18. The second-order valence-corrected chi connectivity index (χ2v) is 4.82. The number of hydrogen-bond acceptors (Lipinski definition) is 5. The fourth-order valence-electron chi connectivity index (χ4n) is 2.29. The predicted octanol–water partition coefficient (Wildman–Crippen LogP) is 2.23. The summed E-state index contributed by atoms with van der Waals surface area (Å²) >= 11 is 5.98. The second-order valence-electron chi connectivity index (χ2n) is 4.38. The molecule has 7 heteroatoms. The molecule has 106 valence electrons. The van der Waals surface area contributed by atoms with Gasteiger partial charge in [0.1, 0.15) is 0 Å². The van der Waals surface area contributed by atoms with Gasteiger partial charge in [0.15, 0.2) is 0 Å². The largest absolute Gasteiger partial charge is 0.465 e. The van der Waals surface area contributed by atoms with E-state index in [0.717, 1.165) is 0 Å². The summed E-state index contributed by atoms with van der Waals surface area (Å²) in [6, 6.07) is 4.61. The Morgan fingerprint density at radius 1 is 1.33 bits per heavy atom. The Morgan fingerprint density at radius 2 is 2.10 bits per heavy atom. The van der Waals surface area contributed by atoms with Gasteiger partial charge < -0.3 is 9.94 Å². The van der Waals surface area contributed by atoms with Crippen LogP contribution >= 0.6 is 11.6 Å². The van der Waals surface area contributed by atoms with Crippen molar-refractivity contribution in [3.63, 3.8) is 0 Å². The molecule has 2 heterocycles. The molecule has 1 N–H and O–H groups in total. The third-order valence-corrected chi connectivity index (χ3v) is 3.47. The minimum Gasteiger partial charge on any atom is -0.465 e. The Kier molecular flexibility index (Phi) is 3.03. The number of benzene rings is 1. The lowest BCUT2D eigenvalue weighted by molar-refractivity contribution is 0.0602. The zero-order chi connectivity index (χ0) is 15.1. The zero-order valence-corrected chi connectivity index (χ0v) is 11.6. The number of ether oxygens (including phenoxy) is 1. The maximum Gasteiger partial charge on any atom is 0.340 e. The van der Waals surface area contributed by atoms with Crippen LogP contribution in [0.25, 0.3) is 21.7 Å². The molecule has 0 fully saturated rings. The molecule has 0 unspecified atom stereocenters. The van der Waals surface area contributed by atoms with Gasteiger partial charge in [-0.2, -0.15) is 0 Å². The lowest BCUT2D eigenvalue weighted by atomic mass is 10.0. The number of nitrogens with zero attached hydrogens (tertiary/aromatic N) is 2. The van der Waals surface area contributed by atoms with Gasteiger partial charge in [0, 0.05) is 28.2 Å². The van der Waals surface area contributed by atoms with Crippen LogP contribution in [0.4, 0.5) is 0 Å². The molecule has 0 aliphatic heterocycles. The second kappa shape index (κ2) is 4.75. The number of carbonyl (C=O) groups is 1. The number of rotatable bonds is 1. The number of pyridine rings is 2. The number of carbonyl (C=O) groups excluding carboxylic acids is 1. The molecule has 0 aliphatic rings. The smallest absolute Gasteiger partial charge is 0.340 e. The molecule has 3 aromatic rings. The fourth-order valence-corrected chi connectivity index (χ4v) is 2.47. The molecule has 2 aromatic heterocycles. The minimum absolute atomic E-state index is 0.107. The average molecular weight is 305 g/mol. The van der Waals surface area contributed by atoms with E-state index in [4.69, 9.17) is 16.3 Å². The Balaban J connectivity index is 2.65. The van der Waals surface area contributed by atoms with Crippen LogP contribution < -0.4 is 5.56 Å². The van der Waals surface area contributed by atoms with Crippen LogP contribution in [0.3, 0.4) is 0 Å². The van der Waals surface area contributed by atoms with Crippen LogP contribution in [0.15, 0.2) is 35.4 Å². The molecule has 0 amide bonds. The van der Waals surface area contributed by atoms with E-state index < -0.39 is 11.5 Å². The summed E-state index contributed by atoms with van der Waals surface area (Å²) in [7, 11) is 1.24. The van der Waals surface area contributed by atoms with Crippen molar-refractivity contribution in [1.82, 2.24) is 9.71 Å². The highest BCUT2D eigenvalue weighted by Crippen LogP contribution is 2.27. The van der Waals surface area contributed by atoms with Gasteiger partial charge in [-0.25, -0.2) is 4.79 Å². The summed E-state index contributed by atoms with van der Waals surface area (Å²) in [6.07, 6.45) is 2.60. The third kappa shape index (κ3) is 1.92. The number of esters is 1. The number of methoxy groups -OCH3 is 1. The lowest BCUT2D eigenvalue weighted by Crippen LogP contribution is -2.19. The van der Waals surface area contributed by atoms with Crippen molar-refractivity contribution in [3.8, 4) is 0 Å². The van der Waals surface area contributed by atoms with E-state index in [1.54, 1.807) is 12.1 Å². The van der Waals surface area contributed by atoms with Gasteiger partial charge in [-0.15, -0.1) is 4.73 Å². The van der Waals surface area contributed by atoms with E-state index in [2.05, 4.69) is 4.98 Å². The lowest BCUT2D eigenvalue weighted by Gasteiger charge is -2.10. The molecular weight excluding hydrogens is 296 g/mol. The van der Waals surface area contributed by atoms with Gasteiger partial charge in [0.05, 0.1) is 23.6 Å². The van der Waals surface area contributed by atoms with E-state index >= 15 is 0 Å². The van der Waals surface area contributed by atoms with E-state index in [9.17, 15) is 14.8 Å². The first kappa shape index (κ1) is 13.4. The van der Waals surface area contributed by atoms with Crippen LogP contribution in [-0.2, 0) is 4.74 Å². The Morgan fingerprint density at radius 3 is 2.81 bits per heavy atom. The third-order valence-electron chi connectivity index (χ3n) is 3.23. The highest BCUT2D eigenvalue weighted by atomic mass is 35.5. The van der Waals surface area contributed by atoms with E-state index in [1.807, 2.05) is 0 Å². The quantitative estimate of drug-likeness (QED) is 0.423. The van der Waals surface area contributed by atoms with Gasteiger partial charge in [-0.3, -0.25) is 9.78 Å². The molecule has 0 aliphatic carbocycles. The van der Waals surface area contributed by atoms with E-state index in [1.165, 1.54) is 25.6 Å². The van der Waals surface area contributed by atoms with Gasteiger partial charge in [-0.05, 0) is 18.2 Å². The summed E-state index contributed by atoms with van der Waals surface area (Å²) in [4.78, 5) is 27.9. The summed E-state index contributed by atoms with van der Waals surface area (Å²) < 4.78 is 5.22. The van der Waals surface area contributed by atoms with Crippen LogP contribution in [-0.4, -0.2) is 28.0 Å². The fraction of sp³-hybridized carbons (Fsp3) is 0.0714. The first-order valence-electron chi connectivity index (χ1n) is 5.94. The molecule has 1 aromatic carbocycles. The molecule has 0 saturated heterocycles. The van der Waals surface area contributed by atoms with Gasteiger partial charge in [-0.1, -0.05) is 11.6 Å². The highest BCUT2D eigenvalue weighted by molar-refractivity contribution is 6.32. The monoisotopic (exact) mass is 304 g/mol. The van der Waals surface area contributed by atoms with E-state index in [0.29, 0.717) is 20.5 Å². The first-order valence-corrected chi connectivity index (χ1v) is 6.32. The Hall–Kier alpha value is -2.60. The maximum atomic E-state index is 12.2. The van der Waals surface area contributed by atoms with Crippen LogP contribution in [0.1, 0.15) is 10.4 Å². The standard InChI is InChI=1S/C14H9ClN2O4/c1-21-14(19)10-6-16-5-9-12(10)8-4-7(15)2-3-11(8)17(20)13(9)18/h2-6,20H,1H3. The summed E-state index contributed by atoms with van der Waals surface area (Å²) in [5, 5.41) is 11.3. The summed E-state index contributed by atoms with van der Waals surface area (Å²) in [5.74, 6) is -0.621. The molecule has 0 saturated carbocycles. The number of halogens is 1. The molecule has 21 heavy (non-hydrogen) atoms. The van der Waals surface area contributed by atoms with Gasteiger partial charge in [0.2, 0.25) is 0 Å². The summed E-state index contributed by atoms with van der Waals surface area (Å²) in [6.45, 7) is 0. The average Bonchev–Trinajstić information content (AvgIpc) is 2.51. The number of hydrogen-bond donors (Lipinski definition) is 1. The van der Waals surface area contributed by atoms with Crippen LogP contribution in [0.5, 0.6) is 0 Å². The molecule has 0 radical (unpaired) electrons. The first-order chi connectivity index (χ1) is 10.0. The zero-order valence-electron chi connectivity index (χ0n) is 10.8.